The molecule has 2 aromatic heterocycles. The highest BCUT2D eigenvalue weighted by Crippen LogP contribution is 2.30. The van der Waals surface area contributed by atoms with Crippen LogP contribution in [0.25, 0.3) is 0 Å². The third-order valence-electron chi connectivity index (χ3n) is 5.22. The number of pyridine rings is 1. The molecule has 170 valence electrons. The molecule has 0 saturated heterocycles. The Balaban J connectivity index is 1.52. The minimum Gasteiger partial charge on any atom is -0.481 e. The average molecular weight is 444 g/mol. The number of aliphatic carboxylic acids is 2. The van der Waals surface area contributed by atoms with Crippen LogP contribution in [0.5, 0.6) is 0 Å². The monoisotopic (exact) mass is 444 g/mol. The Kier molecular flexibility index (Phi) is 7.03. The molecule has 0 fully saturated rings. The van der Waals surface area contributed by atoms with Crippen LogP contribution >= 0.6 is 0 Å². The number of nitrogens with zero attached hydrogens (tertiary/aromatic N) is 2. The maximum absolute atomic E-state index is 12.2. The van der Waals surface area contributed by atoms with Gasteiger partial charge in [0.15, 0.2) is 0 Å². The molecule has 2 atom stereocenters. The number of H-pyrrole nitrogens is 1. The minimum absolute atomic E-state index is 0.0265. The highest BCUT2D eigenvalue weighted by atomic mass is 16.4. The number of aryl methyl sites for hydroxylation is 1. The standard InChI is InChI=1S/C20H24N6O6/c21-20-25-16-15(18(30)26-20)11(9-23-16)3-1-2-10-4-5-12(22-8-10)17(29)24-13(19(31)32)6-7-14(27)28/h4-5,8,11,13H,1-3,6-7,9H2,(H,24,29)(H,27,28)(H,31,32)(H4,21,23,25,26,30)/t11?,13-/m0/s1. The van der Waals surface area contributed by atoms with E-state index in [1.165, 1.54) is 12.3 Å². The summed E-state index contributed by atoms with van der Waals surface area (Å²) in [6.07, 6.45) is 3.15. The van der Waals surface area contributed by atoms with Crippen LogP contribution in [0.3, 0.4) is 0 Å². The Bertz CT molecular complexity index is 1070. The summed E-state index contributed by atoms with van der Waals surface area (Å²) in [7, 11) is 0. The second-order valence-corrected chi connectivity index (χ2v) is 7.53. The minimum atomic E-state index is -1.31. The summed E-state index contributed by atoms with van der Waals surface area (Å²) in [4.78, 5) is 56.9. The molecule has 3 heterocycles. The fraction of sp³-hybridized carbons (Fsp3) is 0.400. The van der Waals surface area contributed by atoms with Crippen LogP contribution in [0.4, 0.5) is 11.8 Å². The summed E-state index contributed by atoms with van der Waals surface area (Å²) >= 11 is 0. The van der Waals surface area contributed by atoms with Gasteiger partial charge in [0.25, 0.3) is 11.5 Å². The van der Waals surface area contributed by atoms with E-state index in [9.17, 15) is 19.2 Å². The fourth-order valence-corrected chi connectivity index (χ4v) is 3.60. The first-order valence-electron chi connectivity index (χ1n) is 10.1. The molecule has 1 unspecified atom stereocenters. The molecule has 0 spiro atoms. The molecular formula is C20H24N6O6. The van der Waals surface area contributed by atoms with Gasteiger partial charge in [-0.1, -0.05) is 6.07 Å². The molecule has 32 heavy (non-hydrogen) atoms. The number of anilines is 2. The number of hydrogen-bond donors (Lipinski definition) is 6. The number of fused-ring (bicyclic) bond motifs is 1. The topological polar surface area (TPSA) is 200 Å². The number of amides is 1. The number of rotatable bonds is 10. The lowest BCUT2D eigenvalue weighted by Gasteiger charge is -2.13. The first kappa shape index (κ1) is 22.7. The summed E-state index contributed by atoms with van der Waals surface area (Å²) in [5.41, 5.74) is 6.87. The van der Waals surface area contributed by atoms with Gasteiger partial charge >= 0.3 is 11.9 Å². The van der Waals surface area contributed by atoms with E-state index in [2.05, 4.69) is 25.6 Å². The largest absolute Gasteiger partial charge is 0.481 e. The van der Waals surface area contributed by atoms with Gasteiger partial charge in [0, 0.05) is 25.1 Å². The van der Waals surface area contributed by atoms with Crippen molar-refractivity contribution < 1.29 is 24.6 Å². The zero-order chi connectivity index (χ0) is 23.3. The number of carboxylic acids is 2. The molecule has 7 N–H and O–H groups in total. The van der Waals surface area contributed by atoms with Gasteiger partial charge in [-0.15, -0.1) is 0 Å². The van der Waals surface area contributed by atoms with Gasteiger partial charge in [-0.3, -0.25) is 24.4 Å². The normalized spacial score (nSPS) is 15.4. The van der Waals surface area contributed by atoms with Crippen molar-refractivity contribution in [3.05, 3.63) is 45.5 Å². The second kappa shape index (κ2) is 9.90. The van der Waals surface area contributed by atoms with E-state index in [1.807, 2.05) is 0 Å². The predicted octanol–water partition coefficient (Wildman–Crippen LogP) is 0.327. The number of nitrogens with two attached hydrogens (primary N) is 1. The Hall–Kier alpha value is -3.96. The molecule has 1 amide bonds. The van der Waals surface area contributed by atoms with Crippen LogP contribution in [-0.4, -0.2) is 55.6 Å². The summed E-state index contributed by atoms with van der Waals surface area (Å²) in [6, 6.07) is 1.91. The molecule has 12 nitrogen and oxygen atoms in total. The molecule has 0 aromatic carbocycles. The van der Waals surface area contributed by atoms with Gasteiger partial charge in [-0.2, -0.15) is 4.98 Å². The Labute approximate surface area is 182 Å². The van der Waals surface area contributed by atoms with Gasteiger partial charge in [0.1, 0.15) is 17.6 Å². The highest BCUT2D eigenvalue weighted by molar-refractivity contribution is 5.95. The molecule has 2 aromatic rings. The van der Waals surface area contributed by atoms with E-state index in [4.69, 9.17) is 15.9 Å². The van der Waals surface area contributed by atoms with Gasteiger partial charge in [0.05, 0.1) is 5.56 Å². The summed E-state index contributed by atoms with van der Waals surface area (Å²) < 4.78 is 0. The molecule has 0 radical (unpaired) electrons. The lowest BCUT2D eigenvalue weighted by atomic mass is 9.96. The lowest BCUT2D eigenvalue weighted by molar-refractivity contribution is -0.140. The van der Waals surface area contributed by atoms with Crippen LogP contribution in [-0.2, 0) is 16.0 Å². The van der Waals surface area contributed by atoms with Gasteiger partial charge in [-0.25, -0.2) is 4.79 Å². The van der Waals surface area contributed by atoms with Crippen LogP contribution in [0, 0.1) is 0 Å². The van der Waals surface area contributed by atoms with Crippen molar-refractivity contribution in [1.29, 1.82) is 0 Å². The first-order chi connectivity index (χ1) is 15.2. The van der Waals surface area contributed by atoms with Crippen molar-refractivity contribution in [3.8, 4) is 0 Å². The molecule has 0 aliphatic carbocycles. The lowest BCUT2D eigenvalue weighted by Crippen LogP contribution is -2.41. The third-order valence-corrected chi connectivity index (χ3v) is 5.22. The molecule has 0 bridgehead atoms. The number of aromatic amines is 1. The van der Waals surface area contributed by atoms with Crippen LogP contribution in [0.2, 0.25) is 0 Å². The van der Waals surface area contributed by atoms with Crippen molar-refractivity contribution in [2.45, 2.75) is 44.1 Å². The number of nitrogen functional groups attached to an aromatic ring is 1. The molecule has 3 rings (SSSR count). The van der Waals surface area contributed by atoms with E-state index < -0.39 is 23.9 Å². The van der Waals surface area contributed by atoms with E-state index in [1.54, 1.807) is 6.07 Å². The number of hydrogen-bond acceptors (Lipinski definition) is 8. The number of aromatic nitrogens is 3. The maximum atomic E-state index is 12.2. The highest BCUT2D eigenvalue weighted by Gasteiger charge is 2.27. The number of carbonyl (C=O) groups is 3. The molecular weight excluding hydrogens is 420 g/mol. The predicted molar refractivity (Wildman–Crippen MR) is 113 cm³/mol. The second-order valence-electron chi connectivity index (χ2n) is 7.53. The molecule has 0 saturated carbocycles. The van der Waals surface area contributed by atoms with Gasteiger partial charge < -0.3 is 26.6 Å². The van der Waals surface area contributed by atoms with Crippen molar-refractivity contribution in [3.63, 3.8) is 0 Å². The van der Waals surface area contributed by atoms with Crippen molar-refractivity contribution in [1.82, 2.24) is 20.3 Å². The van der Waals surface area contributed by atoms with E-state index >= 15 is 0 Å². The summed E-state index contributed by atoms with van der Waals surface area (Å²) in [6.45, 7) is 0.610. The fourth-order valence-electron chi connectivity index (χ4n) is 3.60. The smallest absolute Gasteiger partial charge is 0.326 e. The molecule has 1 aliphatic heterocycles. The van der Waals surface area contributed by atoms with Gasteiger partial charge in [-0.05, 0) is 37.3 Å². The van der Waals surface area contributed by atoms with Crippen LogP contribution < -0.4 is 21.9 Å². The zero-order valence-electron chi connectivity index (χ0n) is 17.1. The maximum Gasteiger partial charge on any atom is 0.326 e. The number of carboxylic acid groups (broad SMARTS) is 2. The number of nitrogens with one attached hydrogen (secondary N) is 3. The average Bonchev–Trinajstić information content (AvgIpc) is 3.14. The third kappa shape index (κ3) is 5.59. The summed E-state index contributed by atoms with van der Waals surface area (Å²) in [5.74, 6) is -2.51. The van der Waals surface area contributed by atoms with Crippen molar-refractivity contribution >= 4 is 29.6 Å². The Morgan fingerprint density at radius 2 is 2.06 bits per heavy atom. The molecule has 12 heteroatoms. The molecule has 1 aliphatic rings. The first-order valence-corrected chi connectivity index (χ1v) is 10.1. The number of carbonyl (C=O) groups excluding carboxylic acids is 1. The van der Waals surface area contributed by atoms with E-state index in [0.29, 0.717) is 24.3 Å². The Morgan fingerprint density at radius 1 is 1.28 bits per heavy atom. The Morgan fingerprint density at radius 3 is 2.72 bits per heavy atom. The van der Waals surface area contributed by atoms with Crippen molar-refractivity contribution in [2.75, 3.05) is 17.6 Å². The van der Waals surface area contributed by atoms with Crippen LogP contribution in [0.15, 0.2) is 23.1 Å². The van der Waals surface area contributed by atoms with E-state index in [0.717, 1.165) is 18.4 Å². The van der Waals surface area contributed by atoms with Crippen molar-refractivity contribution in [2.24, 2.45) is 0 Å². The van der Waals surface area contributed by atoms with E-state index in [-0.39, 0.29) is 36.0 Å². The quantitative estimate of drug-likeness (QED) is 0.296. The van der Waals surface area contributed by atoms with Crippen LogP contribution in [0.1, 0.15) is 53.2 Å². The van der Waals surface area contributed by atoms with Gasteiger partial charge in [0.2, 0.25) is 5.95 Å². The summed E-state index contributed by atoms with van der Waals surface area (Å²) in [5, 5.41) is 23.2. The SMILES string of the molecule is Nc1nc2c(c(=O)[nH]1)C(CCCc1ccc(C(=O)N[C@@H](CCC(=O)O)C(=O)O)nc1)CN2. The zero-order valence-corrected chi connectivity index (χ0v) is 17.1.